The van der Waals surface area contributed by atoms with Gasteiger partial charge in [0.2, 0.25) is 5.91 Å². The van der Waals surface area contributed by atoms with Crippen LogP contribution in [0.25, 0.3) is 0 Å². The Hall–Kier alpha value is -2.19. The third-order valence-corrected chi connectivity index (χ3v) is 4.56. The van der Waals surface area contributed by atoms with Gasteiger partial charge in [-0.05, 0) is 29.8 Å². The number of anilines is 1. The van der Waals surface area contributed by atoms with Gasteiger partial charge in [-0.2, -0.15) is 0 Å². The molecule has 0 saturated carbocycles. The van der Waals surface area contributed by atoms with E-state index in [9.17, 15) is 14.2 Å². The van der Waals surface area contributed by atoms with Crippen LogP contribution in [0.15, 0.2) is 59.1 Å². The Morgan fingerprint density at radius 3 is 2.26 bits per heavy atom. The summed E-state index contributed by atoms with van der Waals surface area (Å²) in [6.45, 7) is 0. The molecule has 0 heterocycles. The van der Waals surface area contributed by atoms with E-state index >= 15 is 0 Å². The normalized spacial score (nSPS) is 12.1. The molecule has 1 unspecified atom stereocenters. The molecule has 8 nitrogen and oxygen atoms in total. The van der Waals surface area contributed by atoms with Crippen molar-refractivity contribution in [1.29, 1.82) is 0 Å². The van der Waals surface area contributed by atoms with Crippen molar-refractivity contribution in [2.45, 2.75) is 12.5 Å². The molecule has 144 valence electrons. The summed E-state index contributed by atoms with van der Waals surface area (Å²) in [5.74, 6) is -0.687. The summed E-state index contributed by atoms with van der Waals surface area (Å²) >= 11 is 3.30. The second-order valence-corrected chi connectivity index (χ2v) is 8.27. The summed E-state index contributed by atoms with van der Waals surface area (Å²) in [5, 5.41) is 7.31. The Kier molecular flexibility index (Phi) is 7.55. The summed E-state index contributed by atoms with van der Waals surface area (Å²) in [7, 11) is -4.40. The van der Waals surface area contributed by atoms with E-state index < -0.39 is 31.9 Å². The van der Waals surface area contributed by atoms with Crippen molar-refractivity contribution in [1.82, 2.24) is 10.6 Å². The molecular formula is C17H19BrN3O5P. The number of halogens is 1. The molecule has 0 radical (unpaired) electrons. The molecule has 2 aromatic carbocycles. The number of rotatable bonds is 7. The van der Waals surface area contributed by atoms with Gasteiger partial charge in [-0.3, -0.25) is 9.36 Å². The third kappa shape index (κ3) is 7.92. The van der Waals surface area contributed by atoms with Crippen LogP contribution >= 0.6 is 23.5 Å². The maximum atomic E-state index is 12.3. The van der Waals surface area contributed by atoms with Crippen molar-refractivity contribution in [3.05, 3.63) is 64.6 Å². The topological polar surface area (TPSA) is 128 Å². The minimum absolute atomic E-state index is 0.168. The van der Waals surface area contributed by atoms with E-state index in [0.29, 0.717) is 5.69 Å². The van der Waals surface area contributed by atoms with E-state index in [4.69, 9.17) is 9.79 Å². The highest BCUT2D eigenvalue weighted by Crippen LogP contribution is 2.31. The van der Waals surface area contributed by atoms with Crippen LogP contribution in [0.2, 0.25) is 0 Å². The molecule has 0 aliphatic heterocycles. The van der Waals surface area contributed by atoms with Gasteiger partial charge in [-0.1, -0.05) is 46.3 Å². The molecule has 0 aliphatic rings. The fraction of sp³-hybridized carbons (Fsp3) is 0.176. The van der Waals surface area contributed by atoms with Crippen LogP contribution in [0.5, 0.6) is 0 Å². The number of amides is 3. The number of urea groups is 1. The first-order chi connectivity index (χ1) is 12.7. The maximum absolute atomic E-state index is 12.3. The highest BCUT2D eigenvalue weighted by molar-refractivity contribution is 9.10. The van der Waals surface area contributed by atoms with Crippen LogP contribution < -0.4 is 16.0 Å². The number of nitrogens with one attached hydrogen (secondary N) is 3. The molecule has 10 heteroatoms. The van der Waals surface area contributed by atoms with E-state index in [1.54, 1.807) is 48.5 Å². The lowest BCUT2D eigenvalue weighted by molar-refractivity contribution is -0.122. The standard InChI is InChI=1S/C17H19BrN3O5P/c18-13-6-8-14(9-7-13)20-17(23)21-15(10-12-4-2-1-3-5-12)16(22)19-11-27(24,25)26/h1-9,15H,10-11H2,(H,19,22)(H2,20,21,23)(H2,24,25,26). The molecule has 3 amide bonds. The average Bonchev–Trinajstić information content (AvgIpc) is 2.61. The van der Waals surface area contributed by atoms with Gasteiger partial charge in [0.05, 0.1) is 0 Å². The molecule has 0 saturated heterocycles. The zero-order valence-corrected chi connectivity index (χ0v) is 16.6. The monoisotopic (exact) mass is 455 g/mol. The Morgan fingerprint density at radius 1 is 1.04 bits per heavy atom. The Morgan fingerprint density at radius 2 is 1.67 bits per heavy atom. The predicted octanol–water partition coefficient (Wildman–Crippen LogP) is 2.43. The van der Waals surface area contributed by atoms with Crippen molar-refractivity contribution in [3.8, 4) is 0 Å². The zero-order chi connectivity index (χ0) is 19.9. The van der Waals surface area contributed by atoms with Crippen LogP contribution in [0.4, 0.5) is 10.5 Å². The quantitative estimate of drug-likeness (QED) is 0.409. The van der Waals surface area contributed by atoms with E-state index in [-0.39, 0.29) is 6.42 Å². The highest BCUT2D eigenvalue weighted by atomic mass is 79.9. The van der Waals surface area contributed by atoms with Gasteiger partial charge in [-0.15, -0.1) is 0 Å². The number of hydrogen-bond acceptors (Lipinski definition) is 3. The molecule has 0 spiro atoms. The number of carbonyl (C=O) groups excluding carboxylic acids is 2. The molecule has 2 rings (SSSR count). The molecule has 0 fully saturated rings. The van der Waals surface area contributed by atoms with Gasteiger partial charge < -0.3 is 25.7 Å². The predicted molar refractivity (Wildman–Crippen MR) is 105 cm³/mol. The third-order valence-electron chi connectivity index (χ3n) is 3.47. The lowest BCUT2D eigenvalue weighted by Crippen LogP contribution is -2.49. The van der Waals surface area contributed by atoms with Gasteiger partial charge in [0.15, 0.2) is 0 Å². The number of carbonyl (C=O) groups is 2. The fourth-order valence-corrected chi connectivity index (χ4v) is 2.85. The van der Waals surface area contributed by atoms with Gasteiger partial charge in [0.1, 0.15) is 12.3 Å². The van der Waals surface area contributed by atoms with Crippen LogP contribution in [0.3, 0.4) is 0 Å². The lowest BCUT2D eigenvalue weighted by atomic mass is 10.1. The second-order valence-electron chi connectivity index (χ2n) is 5.71. The number of hydrogen-bond donors (Lipinski definition) is 5. The average molecular weight is 456 g/mol. The van der Waals surface area contributed by atoms with E-state index in [2.05, 4.69) is 31.9 Å². The van der Waals surface area contributed by atoms with Crippen molar-refractivity contribution in [3.63, 3.8) is 0 Å². The van der Waals surface area contributed by atoms with Crippen LogP contribution in [-0.4, -0.2) is 34.1 Å². The first kappa shape index (κ1) is 21.1. The van der Waals surface area contributed by atoms with Crippen molar-refractivity contribution >= 4 is 41.2 Å². The molecule has 0 aromatic heterocycles. The Labute approximate surface area is 164 Å². The van der Waals surface area contributed by atoms with E-state index in [1.165, 1.54) is 0 Å². The van der Waals surface area contributed by atoms with Crippen LogP contribution in [-0.2, 0) is 15.8 Å². The van der Waals surface area contributed by atoms with Crippen LogP contribution in [0.1, 0.15) is 5.56 Å². The highest BCUT2D eigenvalue weighted by Gasteiger charge is 2.24. The van der Waals surface area contributed by atoms with Crippen molar-refractivity contribution < 1.29 is 23.9 Å². The second kappa shape index (κ2) is 9.66. The SMILES string of the molecule is O=C(Nc1ccc(Br)cc1)NC(Cc1ccccc1)C(=O)NCP(=O)(O)O. The molecule has 5 N–H and O–H groups in total. The molecule has 27 heavy (non-hydrogen) atoms. The van der Waals surface area contributed by atoms with Crippen molar-refractivity contribution in [2.75, 3.05) is 11.6 Å². The summed E-state index contributed by atoms with van der Waals surface area (Å²) < 4.78 is 11.8. The smallest absolute Gasteiger partial charge is 0.343 e. The van der Waals surface area contributed by atoms with Gasteiger partial charge >= 0.3 is 13.6 Å². The minimum atomic E-state index is -4.40. The molecular weight excluding hydrogens is 437 g/mol. The summed E-state index contributed by atoms with van der Waals surface area (Å²) in [5.41, 5.74) is 1.32. The Bertz CT molecular complexity index is 826. The molecule has 0 aliphatic carbocycles. The first-order valence-corrected chi connectivity index (χ1v) is 10.5. The van der Waals surface area contributed by atoms with Gasteiger partial charge in [-0.25, -0.2) is 4.79 Å². The lowest BCUT2D eigenvalue weighted by Gasteiger charge is -2.19. The maximum Gasteiger partial charge on any atom is 0.344 e. The van der Waals surface area contributed by atoms with E-state index in [0.717, 1.165) is 10.0 Å². The minimum Gasteiger partial charge on any atom is -0.343 e. The Balaban J connectivity index is 2.05. The van der Waals surface area contributed by atoms with E-state index in [1.807, 2.05) is 6.07 Å². The fourth-order valence-electron chi connectivity index (χ4n) is 2.22. The molecule has 1 atom stereocenters. The largest absolute Gasteiger partial charge is 0.344 e. The summed E-state index contributed by atoms with van der Waals surface area (Å²) in [4.78, 5) is 42.4. The zero-order valence-electron chi connectivity index (χ0n) is 14.1. The van der Waals surface area contributed by atoms with Gasteiger partial charge in [0.25, 0.3) is 0 Å². The molecule has 2 aromatic rings. The molecule has 0 bridgehead atoms. The summed E-state index contributed by atoms with van der Waals surface area (Å²) in [6.07, 6.45) is -0.630. The van der Waals surface area contributed by atoms with Crippen molar-refractivity contribution in [2.24, 2.45) is 0 Å². The first-order valence-electron chi connectivity index (χ1n) is 7.92. The van der Waals surface area contributed by atoms with Crippen LogP contribution in [0, 0.1) is 0 Å². The summed E-state index contributed by atoms with van der Waals surface area (Å²) in [6, 6.07) is 14.2. The number of benzene rings is 2. The van der Waals surface area contributed by atoms with Gasteiger partial charge in [0, 0.05) is 16.6 Å².